The van der Waals surface area contributed by atoms with Crippen molar-refractivity contribution in [2.45, 2.75) is 64.3 Å². The molecule has 2 fully saturated rings. The minimum atomic E-state index is 0.588. The molecule has 21 heavy (non-hydrogen) atoms. The third-order valence-corrected chi connectivity index (χ3v) is 6.40. The molecule has 1 aromatic carbocycles. The van der Waals surface area contributed by atoms with E-state index in [2.05, 4.69) is 30.4 Å². The van der Waals surface area contributed by atoms with E-state index in [0.717, 1.165) is 24.3 Å². The first kappa shape index (κ1) is 13.8. The summed E-state index contributed by atoms with van der Waals surface area (Å²) in [5.74, 6) is 3.11. The Morgan fingerprint density at radius 2 is 2.05 bits per heavy atom. The van der Waals surface area contributed by atoms with Crippen molar-refractivity contribution in [3.8, 4) is 0 Å². The lowest BCUT2D eigenvalue weighted by molar-refractivity contribution is 0.280. The van der Waals surface area contributed by atoms with E-state index >= 15 is 0 Å². The second-order valence-corrected chi connectivity index (χ2v) is 7.66. The molecule has 4 unspecified atom stereocenters. The van der Waals surface area contributed by atoms with Crippen molar-refractivity contribution in [3.63, 3.8) is 0 Å². The molecular formula is C20H29N. The molecule has 0 aromatic heterocycles. The fraction of sp³-hybridized carbons (Fsp3) is 0.700. The van der Waals surface area contributed by atoms with E-state index in [1.54, 1.807) is 16.7 Å². The molecule has 2 bridgehead atoms. The van der Waals surface area contributed by atoms with Crippen LogP contribution in [-0.4, -0.2) is 6.54 Å². The van der Waals surface area contributed by atoms with E-state index in [-0.39, 0.29) is 0 Å². The van der Waals surface area contributed by atoms with Crippen LogP contribution in [0.25, 0.3) is 0 Å². The molecule has 1 heteroatoms. The Morgan fingerprint density at radius 3 is 2.81 bits per heavy atom. The molecule has 4 atom stereocenters. The first-order valence-corrected chi connectivity index (χ1v) is 9.18. The minimum Gasteiger partial charge on any atom is -0.310 e. The number of hydrogen-bond acceptors (Lipinski definition) is 1. The fourth-order valence-electron chi connectivity index (χ4n) is 5.36. The standard InChI is InChI=1S/C20H29N/c1-2-21-20(13-19-11-14-6-7-17(19)10-14)18-9-8-15-4-3-5-16(15)12-18/h8-9,12,14,17,19-21H,2-7,10-11,13H2,1H3. The maximum absolute atomic E-state index is 3.78. The van der Waals surface area contributed by atoms with Gasteiger partial charge in [0.25, 0.3) is 0 Å². The fourth-order valence-corrected chi connectivity index (χ4v) is 5.36. The molecule has 1 N–H and O–H groups in total. The van der Waals surface area contributed by atoms with E-state index in [0.29, 0.717) is 6.04 Å². The first-order valence-electron chi connectivity index (χ1n) is 9.18. The Kier molecular flexibility index (Phi) is 3.79. The maximum Gasteiger partial charge on any atom is 0.0322 e. The second kappa shape index (κ2) is 5.76. The third kappa shape index (κ3) is 2.65. The zero-order chi connectivity index (χ0) is 14.2. The van der Waals surface area contributed by atoms with Crippen LogP contribution in [0.1, 0.15) is 68.2 Å². The predicted molar refractivity (Wildman–Crippen MR) is 88.4 cm³/mol. The number of benzene rings is 1. The Morgan fingerprint density at radius 1 is 1.14 bits per heavy atom. The zero-order valence-electron chi connectivity index (χ0n) is 13.4. The summed E-state index contributed by atoms with van der Waals surface area (Å²) in [6, 6.07) is 7.92. The molecule has 0 spiro atoms. The molecule has 0 aliphatic heterocycles. The zero-order valence-corrected chi connectivity index (χ0v) is 13.4. The van der Waals surface area contributed by atoms with E-state index in [4.69, 9.17) is 0 Å². The van der Waals surface area contributed by atoms with Crippen molar-refractivity contribution in [1.29, 1.82) is 0 Å². The SMILES string of the molecule is CCNC(CC1CC2CCC1C2)c1ccc2c(c1)CCC2. The minimum absolute atomic E-state index is 0.588. The summed E-state index contributed by atoms with van der Waals surface area (Å²) in [5, 5.41) is 3.78. The third-order valence-electron chi connectivity index (χ3n) is 6.40. The highest BCUT2D eigenvalue weighted by Gasteiger charge is 2.40. The summed E-state index contributed by atoms with van der Waals surface area (Å²) < 4.78 is 0. The van der Waals surface area contributed by atoms with E-state index < -0.39 is 0 Å². The van der Waals surface area contributed by atoms with Gasteiger partial charge in [-0.3, -0.25) is 0 Å². The summed E-state index contributed by atoms with van der Waals surface area (Å²) in [5.41, 5.74) is 4.79. The Hall–Kier alpha value is -0.820. The van der Waals surface area contributed by atoms with E-state index in [1.165, 1.54) is 51.4 Å². The molecule has 4 rings (SSSR count). The van der Waals surface area contributed by atoms with Gasteiger partial charge < -0.3 is 5.32 Å². The van der Waals surface area contributed by atoms with Crippen LogP contribution in [0.5, 0.6) is 0 Å². The average Bonchev–Trinajstić information content (AvgIpc) is 3.22. The molecule has 2 saturated carbocycles. The molecule has 1 aromatic rings. The summed E-state index contributed by atoms with van der Waals surface area (Å²) in [6.45, 7) is 3.34. The Labute approximate surface area is 129 Å². The van der Waals surface area contributed by atoms with Gasteiger partial charge in [-0.15, -0.1) is 0 Å². The summed E-state index contributed by atoms with van der Waals surface area (Å²) in [6.07, 6.45) is 11.4. The molecule has 0 radical (unpaired) electrons. The number of hydrogen-bond donors (Lipinski definition) is 1. The molecule has 3 aliphatic carbocycles. The first-order chi connectivity index (χ1) is 10.3. The lowest BCUT2D eigenvalue weighted by atomic mass is 9.82. The van der Waals surface area contributed by atoms with Gasteiger partial charge in [0.1, 0.15) is 0 Å². The van der Waals surface area contributed by atoms with Crippen LogP contribution in [0.15, 0.2) is 18.2 Å². The van der Waals surface area contributed by atoms with Gasteiger partial charge in [-0.1, -0.05) is 31.5 Å². The van der Waals surface area contributed by atoms with Gasteiger partial charge in [-0.05, 0) is 85.9 Å². The van der Waals surface area contributed by atoms with Crippen LogP contribution in [0.2, 0.25) is 0 Å². The second-order valence-electron chi connectivity index (χ2n) is 7.66. The summed E-state index contributed by atoms with van der Waals surface area (Å²) in [4.78, 5) is 0. The largest absolute Gasteiger partial charge is 0.310 e. The Bertz CT molecular complexity index is 507. The van der Waals surface area contributed by atoms with Crippen LogP contribution < -0.4 is 5.32 Å². The molecule has 0 heterocycles. The predicted octanol–water partition coefficient (Wildman–Crippen LogP) is 4.65. The van der Waals surface area contributed by atoms with Crippen molar-refractivity contribution in [1.82, 2.24) is 5.32 Å². The van der Waals surface area contributed by atoms with E-state index in [1.807, 2.05) is 0 Å². The molecule has 3 aliphatic rings. The van der Waals surface area contributed by atoms with Crippen molar-refractivity contribution in [3.05, 3.63) is 34.9 Å². The number of nitrogens with one attached hydrogen (secondary N) is 1. The van der Waals surface area contributed by atoms with Crippen molar-refractivity contribution in [2.75, 3.05) is 6.54 Å². The number of fused-ring (bicyclic) bond motifs is 3. The van der Waals surface area contributed by atoms with Gasteiger partial charge in [0.05, 0.1) is 0 Å². The smallest absolute Gasteiger partial charge is 0.0322 e. The lowest BCUT2D eigenvalue weighted by Crippen LogP contribution is -2.25. The van der Waals surface area contributed by atoms with Crippen molar-refractivity contribution >= 4 is 0 Å². The summed E-state index contributed by atoms with van der Waals surface area (Å²) >= 11 is 0. The quantitative estimate of drug-likeness (QED) is 0.829. The topological polar surface area (TPSA) is 12.0 Å². The number of aryl methyl sites for hydroxylation is 2. The highest BCUT2D eigenvalue weighted by atomic mass is 14.9. The van der Waals surface area contributed by atoms with Gasteiger partial charge in [-0.25, -0.2) is 0 Å². The van der Waals surface area contributed by atoms with E-state index in [9.17, 15) is 0 Å². The Balaban J connectivity index is 1.51. The van der Waals surface area contributed by atoms with Crippen molar-refractivity contribution in [2.24, 2.45) is 17.8 Å². The molecule has 1 nitrogen and oxygen atoms in total. The molecule has 114 valence electrons. The summed E-state index contributed by atoms with van der Waals surface area (Å²) in [7, 11) is 0. The maximum atomic E-state index is 3.78. The van der Waals surface area contributed by atoms with Crippen LogP contribution in [0.3, 0.4) is 0 Å². The number of rotatable bonds is 5. The van der Waals surface area contributed by atoms with Crippen molar-refractivity contribution < 1.29 is 0 Å². The normalized spacial score (nSPS) is 31.6. The van der Waals surface area contributed by atoms with Gasteiger partial charge in [0.15, 0.2) is 0 Å². The monoisotopic (exact) mass is 283 g/mol. The van der Waals surface area contributed by atoms with Crippen LogP contribution >= 0.6 is 0 Å². The van der Waals surface area contributed by atoms with Crippen LogP contribution in [-0.2, 0) is 12.8 Å². The van der Waals surface area contributed by atoms with Gasteiger partial charge in [0, 0.05) is 6.04 Å². The van der Waals surface area contributed by atoms with Crippen LogP contribution in [0, 0.1) is 17.8 Å². The van der Waals surface area contributed by atoms with Crippen LogP contribution in [0.4, 0.5) is 0 Å². The molecule has 0 amide bonds. The average molecular weight is 283 g/mol. The van der Waals surface area contributed by atoms with Gasteiger partial charge in [0.2, 0.25) is 0 Å². The highest BCUT2D eigenvalue weighted by Crippen LogP contribution is 2.51. The van der Waals surface area contributed by atoms with Gasteiger partial charge in [-0.2, -0.15) is 0 Å². The lowest BCUT2D eigenvalue weighted by Gasteiger charge is -2.28. The molecular weight excluding hydrogens is 254 g/mol. The highest BCUT2D eigenvalue weighted by molar-refractivity contribution is 5.36. The van der Waals surface area contributed by atoms with Gasteiger partial charge >= 0.3 is 0 Å². The molecule has 0 saturated heterocycles.